The van der Waals surface area contributed by atoms with Crippen LogP contribution in [0.3, 0.4) is 0 Å². The highest BCUT2D eigenvalue weighted by Crippen LogP contribution is 2.38. The van der Waals surface area contributed by atoms with Crippen molar-refractivity contribution in [2.45, 2.75) is 36.5 Å². The number of benzene rings is 1. The van der Waals surface area contributed by atoms with E-state index in [1.807, 2.05) is 6.92 Å². The average Bonchev–Trinajstić information content (AvgIpc) is 3.24. The van der Waals surface area contributed by atoms with Crippen LogP contribution in [0, 0.1) is 0 Å². The van der Waals surface area contributed by atoms with Crippen LogP contribution in [-0.2, 0) is 10.0 Å². The normalized spacial score (nSPS) is 16.9. The second-order valence-corrected chi connectivity index (χ2v) is 8.00. The highest BCUT2D eigenvalue weighted by molar-refractivity contribution is 7.89. The molecule has 6 nitrogen and oxygen atoms in total. The summed E-state index contributed by atoms with van der Waals surface area (Å²) in [5, 5.41) is 4.02. The van der Waals surface area contributed by atoms with Crippen molar-refractivity contribution in [1.29, 1.82) is 0 Å². The smallest absolute Gasteiger partial charge is 0.242 e. The molecule has 1 heterocycles. The van der Waals surface area contributed by atoms with Gasteiger partial charge in [0.15, 0.2) is 5.82 Å². The summed E-state index contributed by atoms with van der Waals surface area (Å²) < 4.78 is 30.6. The second kappa shape index (κ2) is 5.48. The highest BCUT2D eigenvalue weighted by atomic mass is 32.2. The van der Waals surface area contributed by atoms with E-state index in [4.69, 9.17) is 4.52 Å². The minimum absolute atomic E-state index is 0.0592. The van der Waals surface area contributed by atoms with Gasteiger partial charge in [-0.05, 0) is 37.5 Å². The maximum Gasteiger partial charge on any atom is 0.242 e. The lowest BCUT2D eigenvalue weighted by Crippen LogP contribution is -2.22. The molecule has 118 valence electrons. The van der Waals surface area contributed by atoms with Gasteiger partial charge in [0, 0.05) is 20.0 Å². The van der Waals surface area contributed by atoms with Crippen molar-refractivity contribution in [3.63, 3.8) is 0 Å². The van der Waals surface area contributed by atoms with Crippen molar-refractivity contribution < 1.29 is 12.9 Å². The third kappa shape index (κ3) is 2.78. The minimum atomic E-state index is -3.40. The van der Waals surface area contributed by atoms with Crippen LogP contribution >= 0.6 is 0 Å². The second-order valence-electron chi connectivity index (χ2n) is 5.84. The Kier molecular flexibility index (Phi) is 3.78. The van der Waals surface area contributed by atoms with Gasteiger partial charge in [0.25, 0.3) is 0 Å². The van der Waals surface area contributed by atoms with E-state index < -0.39 is 10.0 Å². The van der Waals surface area contributed by atoms with Crippen molar-refractivity contribution in [3.8, 4) is 0 Å². The van der Waals surface area contributed by atoms with Crippen molar-refractivity contribution in [2.75, 3.05) is 14.1 Å². The Morgan fingerprint density at radius 2 is 1.86 bits per heavy atom. The van der Waals surface area contributed by atoms with Gasteiger partial charge in [-0.15, -0.1) is 0 Å². The van der Waals surface area contributed by atoms with Crippen molar-refractivity contribution in [1.82, 2.24) is 14.4 Å². The highest BCUT2D eigenvalue weighted by Gasteiger charge is 2.30. The Labute approximate surface area is 130 Å². The third-order valence-electron chi connectivity index (χ3n) is 3.93. The van der Waals surface area contributed by atoms with Gasteiger partial charge in [-0.1, -0.05) is 17.3 Å². The Morgan fingerprint density at radius 1 is 1.23 bits per heavy atom. The molecule has 3 rings (SSSR count). The molecule has 0 N–H and O–H groups in total. The van der Waals surface area contributed by atoms with Crippen LogP contribution in [0.1, 0.15) is 48.9 Å². The van der Waals surface area contributed by atoms with Gasteiger partial charge in [-0.25, -0.2) is 12.7 Å². The predicted molar refractivity (Wildman–Crippen MR) is 81.1 cm³/mol. The number of hydrogen-bond acceptors (Lipinski definition) is 5. The first kappa shape index (κ1) is 15.2. The van der Waals surface area contributed by atoms with Gasteiger partial charge in [0.05, 0.1) is 10.8 Å². The standard InChI is InChI=1S/C15H19N3O3S/c1-10(15-16-14(17-21-15)12-4-5-12)11-6-8-13(9-7-11)22(19,20)18(2)3/h6-10,12H,4-5H2,1-3H3. The Morgan fingerprint density at radius 3 is 2.41 bits per heavy atom. The quantitative estimate of drug-likeness (QED) is 0.845. The van der Waals surface area contributed by atoms with Crippen LogP contribution in [0.5, 0.6) is 0 Å². The maximum atomic E-state index is 12.1. The summed E-state index contributed by atoms with van der Waals surface area (Å²) in [7, 11) is -0.366. The number of nitrogens with zero attached hydrogens (tertiary/aromatic N) is 3. The molecule has 0 aliphatic heterocycles. The monoisotopic (exact) mass is 321 g/mol. The zero-order chi connectivity index (χ0) is 15.9. The van der Waals surface area contributed by atoms with E-state index in [1.165, 1.54) is 18.4 Å². The number of aromatic nitrogens is 2. The summed E-state index contributed by atoms with van der Waals surface area (Å²) in [4.78, 5) is 4.72. The van der Waals surface area contributed by atoms with E-state index in [0.29, 0.717) is 11.8 Å². The Balaban J connectivity index is 1.82. The summed E-state index contributed by atoms with van der Waals surface area (Å²) in [6.45, 7) is 1.97. The van der Waals surface area contributed by atoms with Crippen LogP contribution in [0.4, 0.5) is 0 Å². The first-order chi connectivity index (χ1) is 10.4. The fraction of sp³-hybridized carbons (Fsp3) is 0.467. The van der Waals surface area contributed by atoms with Gasteiger partial charge in [-0.3, -0.25) is 0 Å². The molecule has 1 atom stereocenters. The van der Waals surface area contributed by atoms with Gasteiger partial charge >= 0.3 is 0 Å². The largest absolute Gasteiger partial charge is 0.339 e. The van der Waals surface area contributed by atoms with Crippen LogP contribution in [0.25, 0.3) is 0 Å². The van der Waals surface area contributed by atoms with Crippen LogP contribution in [0.15, 0.2) is 33.7 Å². The zero-order valence-electron chi connectivity index (χ0n) is 12.9. The Hall–Kier alpha value is -1.73. The molecular formula is C15H19N3O3S. The number of sulfonamides is 1. The lowest BCUT2D eigenvalue weighted by Gasteiger charge is -2.12. The SMILES string of the molecule is CC(c1ccc(S(=O)(=O)N(C)C)cc1)c1nc(C2CC2)no1. The third-order valence-corrected chi connectivity index (χ3v) is 5.76. The van der Waals surface area contributed by atoms with Crippen LogP contribution in [0.2, 0.25) is 0 Å². The molecule has 0 saturated heterocycles. The van der Waals surface area contributed by atoms with Gasteiger partial charge in [0.2, 0.25) is 15.9 Å². The molecule has 22 heavy (non-hydrogen) atoms. The van der Waals surface area contributed by atoms with Crippen molar-refractivity contribution in [2.24, 2.45) is 0 Å². The van der Waals surface area contributed by atoms with E-state index in [9.17, 15) is 8.42 Å². The molecule has 2 aromatic rings. The molecule has 1 aromatic carbocycles. The molecule has 0 spiro atoms. The predicted octanol–water partition coefficient (Wildman–Crippen LogP) is 2.35. The van der Waals surface area contributed by atoms with E-state index in [-0.39, 0.29) is 10.8 Å². The summed E-state index contributed by atoms with van der Waals surface area (Å²) in [5.41, 5.74) is 0.948. The van der Waals surface area contributed by atoms with E-state index >= 15 is 0 Å². The number of hydrogen-bond donors (Lipinski definition) is 0. The first-order valence-corrected chi connectivity index (χ1v) is 8.69. The molecule has 1 fully saturated rings. The van der Waals surface area contributed by atoms with Gasteiger partial charge in [0.1, 0.15) is 0 Å². The van der Waals surface area contributed by atoms with Crippen molar-refractivity contribution >= 4 is 10.0 Å². The lowest BCUT2D eigenvalue weighted by atomic mass is 10.0. The molecule has 1 aliphatic carbocycles. The Bertz CT molecular complexity index is 762. The zero-order valence-corrected chi connectivity index (χ0v) is 13.7. The van der Waals surface area contributed by atoms with E-state index in [0.717, 1.165) is 24.2 Å². The molecule has 1 saturated carbocycles. The summed E-state index contributed by atoms with van der Waals surface area (Å²) in [6, 6.07) is 6.81. The minimum Gasteiger partial charge on any atom is -0.339 e. The summed E-state index contributed by atoms with van der Waals surface area (Å²) >= 11 is 0. The fourth-order valence-corrected chi connectivity index (χ4v) is 3.11. The molecule has 1 aromatic heterocycles. The lowest BCUT2D eigenvalue weighted by molar-refractivity contribution is 0.365. The summed E-state index contributed by atoms with van der Waals surface area (Å²) in [6.07, 6.45) is 2.26. The fourth-order valence-electron chi connectivity index (χ4n) is 2.21. The molecule has 7 heteroatoms. The summed E-state index contributed by atoms with van der Waals surface area (Å²) in [5.74, 6) is 1.76. The molecule has 0 radical (unpaired) electrons. The van der Waals surface area contributed by atoms with Gasteiger partial charge in [-0.2, -0.15) is 4.98 Å². The topological polar surface area (TPSA) is 76.3 Å². The maximum absolute atomic E-state index is 12.1. The van der Waals surface area contributed by atoms with E-state index in [2.05, 4.69) is 10.1 Å². The van der Waals surface area contributed by atoms with E-state index in [1.54, 1.807) is 24.3 Å². The van der Waals surface area contributed by atoms with Gasteiger partial charge < -0.3 is 4.52 Å². The van der Waals surface area contributed by atoms with Crippen LogP contribution < -0.4 is 0 Å². The molecule has 1 unspecified atom stereocenters. The molecule has 0 amide bonds. The average molecular weight is 321 g/mol. The molecule has 0 bridgehead atoms. The number of rotatable bonds is 5. The van der Waals surface area contributed by atoms with Crippen LogP contribution in [-0.4, -0.2) is 37.0 Å². The molecular weight excluding hydrogens is 302 g/mol. The van der Waals surface area contributed by atoms with Crippen molar-refractivity contribution in [3.05, 3.63) is 41.5 Å². The first-order valence-electron chi connectivity index (χ1n) is 7.25. The molecule has 1 aliphatic rings.